The van der Waals surface area contributed by atoms with Crippen molar-refractivity contribution in [3.8, 4) is 77.9 Å². The van der Waals surface area contributed by atoms with Crippen LogP contribution in [0.3, 0.4) is 0 Å². The largest absolute Gasteiger partial charge is 0.455 e. The van der Waals surface area contributed by atoms with Crippen LogP contribution in [0.5, 0.6) is 0 Å². The van der Waals surface area contributed by atoms with E-state index in [1.54, 1.807) is 37.2 Å². The maximum absolute atomic E-state index is 6.76. The van der Waals surface area contributed by atoms with E-state index in [2.05, 4.69) is 189 Å². The van der Waals surface area contributed by atoms with Crippen LogP contribution in [0.25, 0.3) is 276 Å². The summed E-state index contributed by atoms with van der Waals surface area (Å²) in [5.74, 6) is 0. The van der Waals surface area contributed by atoms with Crippen LogP contribution in [0.4, 0.5) is 0 Å². The third-order valence-corrected chi connectivity index (χ3v) is 24.1. The summed E-state index contributed by atoms with van der Waals surface area (Å²) >= 11 is 0. The molecule has 0 saturated carbocycles. The lowest BCUT2D eigenvalue weighted by atomic mass is 9.90. The van der Waals surface area contributed by atoms with Crippen LogP contribution in [0.2, 0.25) is 0 Å². The van der Waals surface area contributed by atoms with Crippen molar-refractivity contribution < 1.29 is 39.8 Å². The zero-order chi connectivity index (χ0) is 80.5. The molecule has 0 spiro atoms. The summed E-state index contributed by atoms with van der Waals surface area (Å²) in [5, 5.41) is 15.5. The molecule has 16 heterocycles. The summed E-state index contributed by atoms with van der Waals surface area (Å²) in [6.07, 6.45) is 16.2. The first-order valence-corrected chi connectivity index (χ1v) is 40.4. The van der Waals surface area contributed by atoms with E-state index < -0.39 is 0 Å². The Hall–Kier alpha value is -17.1. The minimum Gasteiger partial charge on any atom is -0.455 e. The first-order valence-electron chi connectivity index (χ1n) is 40.4. The molecule has 0 N–H and O–H groups in total. The fraction of sp³-hybridized carbons (Fsp3) is 0. The highest BCUT2D eigenvalue weighted by Gasteiger charge is 2.27. The van der Waals surface area contributed by atoms with Gasteiger partial charge in [0.25, 0.3) is 0 Å². The highest BCUT2D eigenvalue weighted by atomic mass is 16.4. The molecule has 0 aliphatic carbocycles. The molecule has 28 aromatic rings. The zero-order valence-corrected chi connectivity index (χ0v) is 64.7. The van der Waals surface area contributed by atoms with Crippen LogP contribution in [-0.4, -0.2) is 34.9 Å². The van der Waals surface area contributed by atoms with E-state index >= 15 is 0 Å². The molecule has 0 saturated heterocycles. The molecule has 0 bridgehead atoms. The first kappa shape index (κ1) is 68.0. The van der Waals surface area contributed by atoms with Gasteiger partial charge in [-0.25, -0.2) is 9.97 Å². The van der Waals surface area contributed by atoms with Gasteiger partial charge >= 0.3 is 0 Å². The van der Waals surface area contributed by atoms with Crippen LogP contribution in [0.1, 0.15) is 0 Å². The van der Waals surface area contributed by atoms with E-state index in [4.69, 9.17) is 49.7 Å². The molecule has 0 radical (unpaired) electrons. The van der Waals surface area contributed by atoms with E-state index in [0.717, 1.165) is 265 Å². The minimum atomic E-state index is 0.632. The molecule has 0 aliphatic rings. The van der Waals surface area contributed by atoms with Gasteiger partial charge in [-0.05, 0) is 114 Å². The number of hydrogen-bond acceptors (Lipinski definition) is 16. The standard InChI is InChI=1S/C39H21N3O3.2C34H18N2O3/c1-4-10-31-27(7-1)34-37(43-31)23(15-18-40-34)22-13-14-24(25-16-19-41-35-28-8-2-5-11-32(28)44-38(25)35)30(21-22)26-17-20-42-36-29-9-3-6-12-33(29)45-39(26)36;1-7-19-20-8-2-10-22(24-12-4-14-26-28-16-6-18-36-34(28)39-32(24)26)30(20)37-29(19)21(9-1)23-11-3-13-25-27-15-5-17-35-33(27)38-31(23)25;1-5-21-19-13-15-35-17-29(19)37-31(21)23(7-1)25-9-3-11-27-28-12-4-10-26(34(28)39-33(25)27)24-8-2-6-22-20-14-16-36-18-30(20)38-32(22)24/h1-21H;2*1-18H. The predicted octanol–water partition coefficient (Wildman–Crippen LogP) is 29.6. The molecule has 12 aromatic carbocycles. The summed E-state index contributed by atoms with van der Waals surface area (Å²) in [4.78, 5) is 31.5. The Kier molecular flexibility index (Phi) is 14.8. The van der Waals surface area contributed by atoms with Gasteiger partial charge in [0.1, 0.15) is 78.0 Å². The van der Waals surface area contributed by atoms with Gasteiger partial charge in [0.15, 0.2) is 27.9 Å². The average Bonchev–Trinajstić information content (AvgIpc) is 1.53. The lowest BCUT2D eigenvalue weighted by Crippen LogP contribution is -1.91. The van der Waals surface area contributed by atoms with Gasteiger partial charge in [0.2, 0.25) is 11.4 Å². The number of furan rings is 9. The van der Waals surface area contributed by atoms with Crippen LogP contribution in [0, 0.1) is 0 Å². The van der Waals surface area contributed by atoms with Crippen LogP contribution >= 0.6 is 0 Å². The molecule has 0 aliphatic heterocycles. The summed E-state index contributed by atoms with van der Waals surface area (Å²) in [7, 11) is 0. The molecule has 0 unspecified atom stereocenters. The molecule has 28 rings (SSSR count). The van der Waals surface area contributed by atoms with Crippen molar-refractivity contribution >= 4 is 198 Å². The highest BCUT2D eigenvalue weighted by Crippen LogP contribution is 2.50. The maximum atomic E-state index is 6.76. The third kappa shape index (κ3) is 10.4. The Morgan fingerprint density at radius 1 is 0.154 bits per heavy atom. The van der Waals surface area contributed by atoms with Crippen molar-refractivity contribution in [1.82, 2.24) is 34.9 Å². The van der Waals surface area contributed by atoms with Crippen molar-refractivity contribution in [2.24, 2.45) is 0 Å². The van der Waals surface area contributed by atoms with Gasteiger partial charge in [-0.1, -0.05) is 194 Å². The molecular formula is C107H57N7O9. The molecule has 16 heteroatoms. The van der Waals surface area contributed by atoms with Crippen LogP contribution < -0.4 is 0 Å². The third-order valence-electron chi connectivity index (χ3n) is 24.1. The predicted molar refractivity (Wildman–Crippen MR) is 487 cm³/mol. The molecule has 123 heavy (non-hydrogen) atoms. The fourth-order valence-corrected chi connectivity index (χ4v) is 18.5. The average molecular weight is 1580 g/mol. The SMILES string of the molecule is c1cc(-c2cccc3c2oc2c(-c4cccc5c4oc4cnccc45)cccc23)c2oc3cnccc3c2c1.c1ccc2c(c1)oc1c(-c3ccc(-c4ccnc5c4oc4ccccc45)c(-c4ccnc5c4oc4ccccc45)c3)ccnc12.c1cnc2oc3c(-c4cccc5c4oc4c(-c6cccc7c6oc6ncccc67)cccc45)cccc3c2c1. The number of hydrogen-bond donors (Lipinski definition) is 0. The number of pyridine rings is 7. The van der Waals surface area contributed by atoms with E-state index in [1.165, 1.54) is 0 Å². The summed E-state index contributed by atoms with van der Waals surface area (Å²) < 4.78 is 58.0. The molecule has 16 aromatic heterocycles. The van der Waals surface area contributed by atoms with Crippen molar-refractivity contribution in [1.29, 1.82) is 0 Å². The van der Waals surface area contributed by atoms with Gasteiger partial charge < -0.3 is 39.8 Å². The number of aromatic nitrogens is 7. The topological polar surface area (TPSA) is 208 Å². The number of para-hydroxylation sites is 11. The number of nitrogens with zero attached hydrogens (tertiary/aromatic N) is 7. The van der Waals surface area contributed by atoms with Crippen molar-refractivity contribution in [3.63, 3.8) is 0 Å². The molecular weight excluding hydrogens is 1530 g/mol. The lowest BCUT2D eigenvalue weighted by Gasteiger charge is -2.14. The van der Waals surface area contributed by atoms with Gasteiger partial charge in [-0.3, -0.25) is 24.9 Å². The Balaban J connectivity index is 0.0000000993. The van der Waals surface area contributed by atoms with Crippen molar-refractivity contribution in [2.75, 3.05) is 0 Å². The fourth-order valence-electron chi connectivity index (χ4n) is 18.5. The first-order chi connectivity index (χ1) is 61.0. The zero-order valence-electron chi connectivity index (χ0n) is 64.7. The summed E-state index contributed by atoms with van der Waals surface area (Å²) in [5.41, 5.74) is 30.2. The van der Waals surface area contributed by atoms with Crippen LogP contribution in [-0.2, 0) is 0 Å². The molecule has 16 nitrogen and oxygen atoms in total. The Bertz CT molecular complexity index is 8610. The van der Waals surface area contributed by atoms with Gasteiger partial charge in [-0.15, -0.1) is 0 Å². The Morgan fingerprint density at radius 2 is 0.447 bits per heavy atom. The summed E-state index contributed by atoms with van der Waals surface area (Å²) in [6, 6.07) is 98.6. The number of fused-ring (bicyclic) bond motifs is 27. The van der Waals surface area contributed by atoms with Crippen molar-refractivity contribution in [3.05, 3.63) is 347 Å². The molecule has 0 amide bonds. The van der Waals surface area contributed by atoms with Gasteiger partial charge in [-0.2, -0.15) is 0 Å². The lowest BCUT2D eigenvalue weighted by molar-refractivity contribution is 0.653. The van der Waals surface area contributed by atoms with E-state index in [1.807, 2.05) is 146 Å². The minimum absolute atomic E-state index is 0.632. The Labute approximate surface area is 693 Å². The highest BCUT2D eigenvalue weighted by molar-refractivity contribution is 6.22. The maximum Gasteiger partial charge on any atom is 0.227 e. The summed E-state index contributed by atoms with van der Waals surface area (Å²) in [6.45, 7) is 0. The Morgan fingerprint density at radius 3 is 0.837 bits per heavy atom. The molecule has 574 valence electrons. The van der Waals surface area contributed by atoms with E-state index in [0.29, 0.717) is 11.4 Å². The second-order valence-corrected chi connectivity index (χ2v) is 30.7. The monoisotopic (exact) mass is 1580 g/mol. The quantitative estimate of drug-likeness (QED) is 0.145. The van der Waals surface area contributed by atoms with E-state index in [9.17, 15) is 0 Å². The second-order valence-electron chi connectivity index (χ2n) is 30.7. The van der Waals surface area contributed by atoms with Crippen LogP contribution in [0.15, 0.2) is 387 Å². The smallest absolute Gasteiger partial charge is 0.227 e. The molecule has 0 fully saturated rings. The normalized spacial score (nSPS) is 12.1. The second kappa shape index (κ2) is 26.7. The van der Waals surface area contributed by atoms with E-state index in [-0.39, 0.29) is 0 Å². The number of benzene rings is 12. The van der Waals surface area contributed by atoms with Gasteiger partial charge in [0.05, 0.1) is 12.4 Å². The number of rotatable bonds is 7. The van der Waals surface area contributed by atoms with Crippen molar-refractivity contribution in [2.45, 2.75) is 0 Å². The molecule has 0 atom stereocenters. The van der Waals surface area contributed by atoms with Gasteiger partial charge in [0, 0.05) is 185 Å².